The molecule has 0 spiro atoms. The Kier molecular flexibility index (Phi) is 2.82. The summed E-state index contributed by atoms with van der Waals surface area (Å²) in [5.41, 5.74) is 4.81. The Morgan fingerprint density at radius 3 is 2.53 bits per heavy atom. The molecular weight excluding hydrogens is 230 g/mol. The minimum atomic E-state index is -0.794. The lowest BCUT2D eigenvalue weighted by molar-refractivity contribution is 0.0990. The third kappa shape index (κ3) is 2.27. The van der Waals surface area contributed by atoms with Gasteiger partial charge in [0.15, 0.2) is 0 Å². The van der Waals surface area contributed by atoms with Crippen molar-refractivity contribution in [1.29, 1.82) is 0 Å². The zero-order chi connectivity index (χ0) is 12.4. The lowest BCUT2D eigenvalue weighted by Gasteiger charge is -2.03. The second-order valence-corrected chi connectivity index (χ2v) is 3.33. The third-order valence-electron chi connectivity index (χ3n) is 2.14. The fourth-order valence-electron chi connectivity index (χ4n) is 1.33. The van der Waals surface area contributed by atoms with Crippen LogP contribution >= 0.6 is 0 Å². The van der Waals surface area contributed by atoms with Crippen LogP contribution in [0.1, 0.15) is 16.2 Å². The van der Waals surface area contributed by atoms with Gasteiger partial charge in [0, 0.05) is 5.56 Å². The van der Waals surface area contributed by atoms with E-state index in [1.807, 2.05) is 0 Å². The third-order valence-corrected chi connectivity index (χ3v) is 2.14. The number of carbonyl (C=O) groups excluding carboxylic acids is 1. The fourth-order valence-corrected chi connectivity index (χ4v) is 1.33. The van der Waals surface area contributed by atoms with Crippen molar-refractivity contribution in [3.8, 4) is 0 Å². The first-order valence-corrected chi connectivity index (χ1v) is 4.70. The maximum absolute atomic E-state index is 13.3. The summed E-state index contributed by atoms with van der Waals surface area (Å²) < 4.78 is 27.8. The van der Waals surface area contributed by atoms with E-state index in [2.05, 4.69) is 10.1 Å². The second-order valence-electron chi connectivity index (χ2n) is 3.33. The van der Waals surface area contributed by atoms with Crippen molar-refractivity contribution in [2.75, 3.05) is 0 Å². The Morgan fingerprint density at radius 2 is 2.00 bits per heavy atom. The molecule has 0 saturated heterocycles. The zero-order valence-electron chi connectivity index (χ0n) is 8.60. The van der Waals surface area contributed by atoms with Crippen molar-refractivity contribution in [2.45, 2.75) is 6.54 Å². The number of hydrogen-bond acceptors (Lipinski definition) is 3. The van der Waals surface area contributed by atoms with Gasteiger partial charge in [-0.3, -0.25) is 4.79 Å². The molecule has 7 heteroatoms. The van der Waals surface area contributed by atoms with Gasteiger partial charge in [-0.25, -0.2) is 18.4 Å². The Bertz CT molecular complexity index is 547. The highest BCUT2D eigenvalue weighted by atomic mass is 19.1. The van der Waals surface area contributed by atoms with Gasteiger partial charge in [-0.15, -0.1) is 5.10 Å². The van der Waals surface area contributed by atoms with Gasteiger partial charge in [-0.2, -0.15) is 0 Å². The van der Waals surface area contributed by atoms with Crippen LogP contribution in [0.15, 0.2) is 24.5 Å². The molecule has 1 aromatic heterocycles. The SMILES string of the molecule is NC(=O)c1ncn(Cc2c(F)cccc2F)n1. The lowest BCUT2D eigenvalue weighted by Crippen LogP contribution is -2.14. The van der Waals surface area contributed by atoms with Gasteiger partial charge >= 0.3 is 0 Å². The highest BCUT2D eigenvalue weighted by Gasteiger charge is 2.11. The number of primary amides is 1. The number of halogens is 2. The fraction of sp³-hybridized carbons (Fsp3) is 0.100. The summed E-state index contributed by atoms with van der Waals surface area (Å²) in [6.07, 6.45) is 1.19. The smallest absolute Gasteiger partial charge is 0.288 e. The first-order chi connectivity index (χ1) is 8.08. The van der Waals surface area contributed by atoms with Crippen LogP contribution in [0.2, 0.25) is 0 Å². The number of nitrogens with zero attached hydrogens (tertiary/aromatic N) is 3. The largest absolute Gasteiger partial charge is 0.363 e. The van der Waals surface area contributed by atoms with Crippen molar-refractivity contribution in [1.82, 2.24) is 14.8 Å². The molecular formula is C10H8F2N4O. The predicted octanol–water partition coefficient (Wildman–Crippen LogP) is 0.703. The Balaban J connectivity index is 2.28. The van der Waals surface area contributed by atoms with Crippen LogP contribution < -0.4 is 5.73 Å². The van der Waals surface area contributed by atoms with Gasteiger partial charge in [-0.1, -0.05) is 6.07 Å². The summed E-state index contributed by atoms with van der Waals surface area (Å²) in [4.78, 5) is 14.3. The molecule has 88 valence electrons. The van der Waals surface area contributed by atoms with E-state index in [1.165, 1.54) is 12.4 Å². The van der Waals surface area contributed by atoms with Crippen LogP contribution in [-0.2, 0) is 6.54 Å². The number of carbonyl (C=O) groups is 1. The molecule has 0 aliphatic heterocycles. The number of rotatable bonds is 3. The molecule has 5 nitrogen and oxygen atoms in total. The topological polar surface area (TPSA) is 73.8 Å². The molecule has 0 aliphatic carbocycles. The normalized spacial score (nSPS) is 10.5. The van der Waals surface area contributed by atoms with E-state index in [0.29, 0.717) is 0 Å². The molecule has 0 fully saturated rings. The molecule has 0 aliphatic rings. The molecule has 1 aromatic carbocycles. The maximum atomic E-state index is 13.3. The molecule has 0 bridgehead atoms. The number of aromatic nitrogens is 3. The summed E-state index contributed by atoms with van der Waals surface area (Å²) >= 11 is 0. The van der Waals surface area contributed by atoms with E-state index >= 15 is 0 Å². The molecule has 0 atom stereocenters. The molecule has 2 rings (SSSR count). The van der Waals surface area contributed by atoms with Crippen molar-refractivity contribution < 1.29 is 13.6 Å². The van der Waals surface area contributed by atoms with Gasteiger partial charge in [-0.05, 0) is 12.1 Å². The van der Waals surface area contributed by atoms with Gasteiger partial charge < -0.3 is 5.73 Å². The van der Waals surface area contributed by atoms with Crippen molar-refractivity contribution in [3.63, 3.8) is 0 Å². The molecule has 0 radical (unpaired) electrons. The quantitative estimate of drug-likeness (QED) is 0.855. The van der Waals surface area contributed by atoms with Gasteiger partial charge in [0.25, 0.3) is 5.91 Å². The van der Waals surface area contributed by atoms with Crippen molar-refractivity contribution in [3.05, 3.63) is 47.5 Å². The first kappa shape index (κ1) is 11.2. The van der Waals surface area contributed by atoms with Crippen LogP contribution in [0.3, 0.4) is 0 Å². The number of hydrogen-bond donors (Lipinski definition) is 1. The van der Waals surface area contributed by atoms with E-state index in [1.54, 1.807) is 0 Å². The van der Waals surface area contributed by atoms with Crippen molar-refractivity contribution >= 4 is 5.91 Å². The minimum Gasteiger partial charge on any atom is -0.363 e. The molecule has 2 N–H and O–H groups in total. The van der Waals surface area contributed by atoms with Gasteiger partial charge in [0.1, 0.15) is 18.0 Å². The number of benzene rings is 1. The van der Waals surface area contributed by atoms with E-state index in [-0.39, 0.29) is 17.9 Å². The monoisotopic (exact) mass is 238 g/mol. The predicted molar refractivity (Wildman–Crippen MR) is 54.0 cm³/mol. The summed E-state index contributed by atoms with van der Waals surface area (Å²) in [5, 5.41) is 3.68. The average Bonchev–Trinajstić information content (AvgIpc) is 2.72. The molecule has 2 aromatic rings. The average molecular weight is 238 g/mol. The van der Waals surface area contributed by atoms with E-state index in [9.17, 15) is 13.6 Å². The molecule has 1 heterocycles. The van der Waals surface area contributed by atoms with E-state index < -0.39 is 17.5 Å². The molecule has 0 saturated carbocycles. The molecule has 1 amide bonds. The van der Waals surface area contributed by atoms with Crippen LogP contribution in [-0.4, -0.2) is 20.7 Å². The second kappa shape index (κ2) is 4.28. The van der Waals surface area contributed by atoms with Crippen molar-refractivity contribution in [2.24, 2.45) is 5.73 Å². The minimum absolute atomic E-state index is 0.145. The van der Waals surface area contributed by atoms with E-state index in [0.717, 1.165) is 16.8 Å². The van der Waals surface area contributed by atoms with Crippen LogP contribution in [0.4, 0.5) is 8.78 Å². The Hall–Kier alpha value is -2.31. The highest BCUT2D eigenvalue weighted by molar-refractivity contribution is 5.88. The zero-order valence-corrected chi connectivity index (χ0v) is 8.60. The van der Waals surface area contributed by atoms with Crippen LogP contribution in [0.5, 0.6) is 0 Å². The number of amides is 1. The van der Waals surface area contributed by atoms with Crippen LogP contribution in [0.25, 0.3) is 0 Å². The van der Waals surface area contributed by atoms with Gasteiger partial charge in [0.05, 0.1) is 6.54 Å². The summed E-state index contributed by atoms with van der Waals surface area (Å²) in [5.74, 6) is -2.35. The number of nitrogens with two attached hydrogens (primary N) is 1. The molecule has 0 unspecified atom stereocenters. The summed E-state index contributed by atoms with van der Waals surface area (Å²) in [7, 11) is 0. The Morgan fingerprint density at radius 1 is 1.35 bits per heavy atom. The van der Waals surface area contributed by atoms with Gasteiger partial charge in [0.2, 0.25) is 5.82 Å². The standard InChI is InChI=1S/C10H8F2N4O/c11-7-2-1-3-8(12)6(7)4-16-5-14-10(15-16)9(13)17/h1-3,5H,4H2,(H2,13,17). The maximum Gasteiger partial charge on any atom is 0.288 e. The summed E-state index contributed by atoms with van der Waals surface area (Å²) in [6.45, 7) is -0.154. The highest BCUT2D eigenvalue weighted by Crippen LogP contribution is 2.12. The first-order valence-electron chi connectivity index (χ1n) is 4.70. The molecule has 17 heavy (non-hydrogen) atoms. The summed E-state index contributed by atoms with van der Waals surface area (Å²) in [6, 6.07) is 3.55. The lowest BCUT2D eigenvalue weighted by atomic mass is 10.2. The Labute approximate surface area is 94.9 Å². The van der Waals surface area contributed by atoms with E-state index in [4.69, 9.17) is 5.73 Å². The van der Waals surface area contributed by atoms with Crippen LogP contribution in [0, 0.1) is 11.6 Å².